The normalized spacial score (nSPS) is 9.33. The van der Waals surface area contributed by atoms with E-state index in [2.05, 4.69) is 4.84 Å². The molecule has 0 amide bonds. The van der Waals surface area contributed by atoms with Crippen LogP contribution in [0.2, 0.25) is 0 Å². The van der Waals surface area contributed by atoms with Crippen molar-refractivity contribution in [3.63, 3.8) is 0 Å². The van der Waals surface area contributed by atoms with Crippen LogP contribution in [0.1, 0.15) is 8.35 Å². The van der Waals surface area contributed by atoms with E-state index in [9.17, 15) is 4.79 Å². The van der Waals surface area contributed by atoms with Crippen molar-refractivity contribution < 1.29 is 50.8 Å². The summed E-state index contributed by atoms with van der Waals surface area (Å²) >= 11 is 0. The van der Waals surface area contributed by atoms with Crippen molar-refractivity contribution in [2.24, 2.45) is 0 Å². The Bertz CT molecular complexity index is 121. The molecule has 68 valence electrons. The quantitative estimate of drug-likeness (QED) is 0.338. The Kier molecular flexibility index (Phi) is 11.7. The maximum Gasteiger partial charge on any atom is 1.00 e. The van der Waals surface area contributed by atoms with Gasteiger partial charge in [-0.15, -0.1) is 5.06 Å². The summed E-state index contributed by atoms with van der Waals surface area (Å²) in [6.07, 6.45) is 0. The second-order valence-electron chi connectivity index (χ2n) is 1.96. The zero-order valence-corrected chi connectivity index (χ0v) is 9.49. The Labute approximate surface area is 95.0 Å². The molecule has 0 unspecified atom stereocenters. The summed E-state index contributed by atoms with van der Waals surface area (Å²) in [5.74, 6) is -0.452. The summed E-state index contributed by atoms with van der Waals surface area (Å²) in [6, 6.07) is 0. The maximum atomic E-state index is 10.4. The van der Waals surface area contributed by atoms with E-state index in [1.54, 1.807) is 0 Å². The van der Waals surface area contributed by atoms with Gasteiger partial charge >= 0.3 is 35.5 Å². The summed E-state index contributed by atoms with van der Waals surface area (Å²) in [4.78, 5) is 15.0. The van der Waals surface area contributed by atoms with Gasteiger partial charge in [-0.1, -0.05) is 0 Å². The Morgan fingerprint density at radius 2 is 1.83 bits per heavy atom. The zero-order valence-electron chi connectivity index (χ0n) is 8.49. The number of hydroxylamine groups is 2. The van der Waals surface area contributed by atoms with E-state index in [0.29, 0.717) is 0 Å². The van der Waals surface area contributed by atoms with Gasteiger partial charge in [0.25, 0.3) is 0 Å². The molecule has 0 saturated heterocycles. The first-order valence-corrected chi connectivity index (χ1v) is 3.36. The van der Waals surface area contributed by atoms with E-state index in [4.69, 9.17) is 10.2 Å². The van der Waals surface area contributed by atoms with Gasteiger partial charge in [-0.3, -0.25) is 4.79 Å². The molecule has 0 aromatic heterocycles. The summed E-state index contributed by atoms with van der Waals surface area (Å²) in [6.45, 7) is 1.50. The van der Waals surface area contributed by atoms with E-state index >= 15 is 0 Å². The summed E-state index contributed by atoms with van der Waals surface area (Å²) < 4.78 is 0. The number of carbonyl (C=O) groups is 1. The fourth-order valence-corrected chi connectivity index (χ4v) is 0.608. The molecule has 0 bridgehead atoms. The summed E-state index contributed by atoms with van der Waals surface area (Å²) in [5, 5.41) is 18.1. The third kappa shape index (κ3) is 8.45. The maximum absolute atomic E-state index is 10.4. The van der Waals surface area contributed by atoms with Crippen molar-refractivity contribution in [1.29, 1.82) is 0 Å². The van der Waals surface area contributed by atoms with E-state index < -0.39 is 5.97 Å². The molecule has 0 aliphatic rings. The topological polar surface area (TPSA) is 70.0 Å². The molecular weight excluding hydrogens is 173 g/mol. The van der Waals surface area contributed by atoms with Crippen LogP contribution in [0.3, 0.4) is 0 Å². The van der Waals surface area contributed by atoms with Gasteiger partial charge in [0.2, 0.25) is 0 Å². The SMILES string of the molecule is CC(=O)ON(CCO)CCO.[H-].[Na+]. The van der Waals surface area contributed by atoms with Gasteiger partial charge in [0.15, 0.2) is 0 Å². The second kappa shape index (κ2) is 9.44. The monoisotopic (exact) mass is 187 g/mol. The van der Waals surface area contributed by atoms with E-state index in [1.165, 1.54) is 12.0 Å². The number of aliphatic hydroxyl groups is 2. The molecule has 0 rings (SSSR count). The minimum absolute atomic E-state index is 0. The molecule has 0 radical (unpaired) electrons. The average Bonchev–Trinajstić information content (AvgIpc) is 1.87. The van der Waals surface area contributed by atoms with Crippen LogP contribution in [0.25, 0.3) is 0 Å². The molecule has 0 aromatic carbocycles. The Balaban J connectivity index is -0.000000500. The van der Waals surface area contributed by atoms with Crippen LogP contribution in [0, 0.1) is 0 Å². The number of carbonyl (C=O) groups excluding carboxylic acids is 1. The van der Waals surface area contributed by atoms with E-state index in [1.807, 2.05) is 0 Å². The molecule has 0 spiro atoms. The van der Waals surface area contributed by atoms with Crippen LogP contribution >= 0.6 is 0 Å². The van der Waals surface area contributed by atoms with Crippen molar-refractivity contribution in [2.75, 3.05) is 26.3 Å². The number of rotatable bonds is 5. The Morgan fingerprint density at radius 3 is 2.08 bits per heavy atom. The van der Waals surface area contributed by atoms with Gasteiger partial charge in [0, 0.05) is 6.92 Å². The van der Waals surface area contributed by atoms with Gasteiger partial charge in [-0.2, -0.15) is 0 Å². The molecule has 5 nitrogen and oxygen atoms in total. The van der Waals surface area contributed by atoms with Crippen LogP contribution in [0.5, 0.6) is 0 Å². The van der Waals surface area contributed by atoms with Crippen molar-refractivity contribution in [2.45, 2.75) is 6.92 Å². The third-order valence-corrected chi connectivity index (χ3v) is 0.956. The Hall–Kier alpha value is 0.350. The molecule has 0 aliphatic carbocycles. The Morgan fingerprint density at radius 1 is 1.42 bits per heavy atom. The second-order valence-corrected chi connectivity index (χ2v) is 1.96. The molecule has 0 heterocycles. The summed E-state index contributed by atoms with van der Waals surface area (Å²) in [5.41, 5.74) is 0. The third-order valence-electron chi connectivity index (χ3n) is 0.956. The minimum Gasteiger partial charge on any atom is -1.00 e. The number of hydrogen-bond acceptors (Lipinski definition) is 5. The van der Waals surface area contributed by atoms with Gasteiger partial charge in [-0.05, 0) is 0 Å². The average molecular weight is 187 g/mol. The summed E-state index contributed by atoms with van der Waals surface area (Å²) in [7, 11) is 0. The van der Waals surface area contributed by atoms with Gasteiger partial charge in [0.1, 0.15) is 0 Å². The predicted molar refractivity (Wildman–Crippen MR) is 38.6 cm³/mol. The fourth-order valence-electron chi connectivity index (χ4n) is 0.608. The predicted octanol–water partition coefficient (Wildman–Crippen LogP) is -4.13. The van der Waals surface area contributed by atoms with Crippen LogP contribution in [0.4, 0.5) is 0 Å². The number of nitrogens with zero attached hydrogens (tertiary/aromatic N) is 1. The van der Waals surface area contributed by atoms with Gasteiger partial charge < -0.3 is 16.5 Å². The molecule has 0 saturated carbocycles. The first-order valence-electron chi connectivity index (χ1n) is 3.36. The van der Waals surface area contributed by atoms with Crippen molar-refractivity contribution >= 4 is 5.97 Å². The molecule has 12 heavy (non-hydrogen) atoms. The molecule has 0 aliphatic heterocycles. The van der Waals surface area contributed by atoms with Crippen molar-refractivity contribution in [3.8, 4) is 0 Å². The van der Waals surface area contributed by atoms with Crippen molar-refractivity contribution in [3.05, 3.63) is 0 Å². The van der Waals surface area contributed by atoms with E-state index in [-0.39, 0.29) is 57.3 Å². The van der Waals surface area contributed by atoms with Crippen molar-refractivity contribution in [1.82, 2.24) is 5.06 Å². The standard InChI is InChI=1S/C6H13NO4.Na.H/c1-6(10)11-7(2-4-8)3-5-9;;/h8-9H,2-5H2,1H3;;/q;+1;-1. The smallest absolute Gasteiger partial charge is 1.00 e. The zero-order chi connectivity index (χ0) is 8.69. The molecule has 0 aromatic rings. The fraction of sp³-hybridized carbons (Fsp3) is 0.833. The molecular formula is C6H14NNaO4. The van der Waals surface area contributed by atoms with Crippen LogP contribution in [0.15, 0.2) is 0 Å². The van der Waals surface area contributed by atoms with E-state index in [0.717, 1.165) is 0 Å². The first kappa shape index (κ1) is 14.9. The van der Waals surface area contributed by atoms with Gasteiger partial charge in [0.05, 0.1) is 26.3 Å². The number of aliphatic hydroxyl groups excluding tert-OH is 2. The minimum atomic E-state index is -0.452. The largest absolute Gasteiger partial charge is 1.00 e. The van der Waals surface area contributed by atoms with Crippen LogP contribution < -0.4 is 29.6 Å². The first-order chi connectivity index (χ1) is 5.20. The van der Waals surface area contributed by atoms with Crippen LogP contribution in [-0.4, -0.2) is 47.5 Å². The van der Waals surface area contributed by atoms with Gasteiger partial charge in [-0.25, -0.2) is 0 Å². The number of hydrogen-bond donors (Lipinski definition) is 2. The molecule has 6 heteroatoms. The molecule has 0 fully saturated rings. The molecule has 2 N–H and O–H groups in total. The molecule has 0 atom stereocenters. The van der Waals surface area contributed by atoms with Crippen LogP contribution in [-0.2, 0) is 9.63 Å².